The molecule has 0 amide bonds. The summed E-state index contributed by atoms with van der Waals surface area (Å²) in [6.45, 7) is 6.91. The zero-order chi connectivity index (χ0) is 26.4. The van der Waals surface area contributed by atoms with E-state index in [1.165, 1.54) is 5.56 Å². The lowest BCUT2D eigenvalue weighted by Crippen LogP contribution is -2.07. The number of fused-ring (bicyclic) bond motifs is 1. The molecule has 6 heteroatoms. The maximum Gasteiger partial charge on any atom is 0.305 e. The van der Waals surface area contributed by atoms with Gasteiger partial charge in [0.05, 0.1) is 11.6 Å². The van der Waals surface area contributed by atoms with Crippen molar-refractivity contribution in [1.29, 1.82) is 0 Å². The molecule has 37 heavy (non-hydrogen) atoms. The molecule has 0 saturated heterocycles. The van der Waals surface area contributed by atoms with Crippen molar-refractivity contribution in [2.45, 2.75) is 52.7 Å². The van der Waals surface area contributed by atoms with E-state index in [1.807, 2.05) is 35.0 Å². The topological polar surface area (TPSA) is 57.5 Å². The Morgan fingerprint density at radius 3 is 2.46 bits per heavy atom. The highest BCUT2D eigenvalue weighted by molar-refractivity contribution is 6.32. The molecule has 192 valence electrons. The summed E-state index contributed by atoms with van der Waals surface area (Å²) in [6, 6.07) is 21.3. The summed E-state index contributed by atoms with van der Waals surface area (Å²) in [5.74, 6) is 0.228. The van der Waals surface area contributed by atoms with Gasteiger partial charge in [0.15, 0.2) is 5.78 Å². The fourth-order valence-electron chi connectivity index (χ4n) is 4.45. The number of ketones is 1. The Bertz CT molecular complexity index is 1390. The van der Waals surface area contributed by atoms with Gasteiger partial charge in [-0.05, 0) is 56.5 Å². The minimum absolute atomic E-state index is 0.112. The zero-order valence-corrected chi connectivity index (χ0v) is 22.3. The van der Waals surface area contributed by atoms with Crippen LogP contribution in [0, 0.1) is 6.92 Å². The normalized spacial score (nSPS) is 11.9. The minimum atomic E-state index is -0.208. The molecule has 0 aliphatic rings. The van der Waals surface area contributed by atoms with Crippen LogP contribution in [0.3, 0.4) is 0 Å². The molecular formula is C31H32ClNO4. The van der Waals surface area contributed by atoms with Crippen molar-refractivity contribution in [3.63, 3.8) is 0 Å². The van der Waals surface area contributed by atoms with Crippen LogP contribution in [0.2, 0.25) is 5.02 Å². The molecule has 0 spiro atoms. The summed E-state index contributed by atoms with van der Waals surface area (Å²) >= 11 is 6.60. The smallest absolute Gasteiger partial charge is 0.305 e. The Morgan fingerprint density at radius 1 is 1.00 bits per heavy atom. The number of hydrogen-bond acceptors (Lipinski definition) is 4. The van der Waals surface area contributed by atoms with Crippen molar-refractivity contribution in [1.82, 2.24) is 4.57 Å². The van der Waals surface area contributed by atoms with Gasteiger partial charge in [-0.2, -0.15) is 0 Å². The first kappa shape index (κ1) is 26.5. The number of nitrogens with zero attached hydrogens (tertiary/aromatic N) is 1. The van der Waals surface area contributed by atoms with Crippen molar-refractivity contribution in [2.24, 2.45) is 0 Å². The van der Waals surface area contributed by atoms with Crippen LogP contribution < -0.4 is 4.74 Å². The quantitative estimate of drug-likeness (QED) is 0.151. The Morgan fingerprint density at radius 2 is 1.76 bits per heavy atom. The number of aromatic nitrogens is 1. The van der Waals surface area contributed by atoms with E-state index >= 15 is 0 Å². The van der Waals surface area contributed by atoms with Crippen LogP contribution >= 0.6 is 11.6 Å². The molecule has 0 N–H and O–H groups in total. The number of ether oxygens (including phenoxy) is 2. The molecule has 0 fully saturated rings. The van der Waals surface area contributed by atoms with E-state index in [1.54, 1.807) is 25.1 Å². The van der Waals surface area contributed by atoms with Crippen molar-refractivity contribution in [3.05, 3.63) is 100 Å². The predicted molar refractivity (Wildman–Crippen MR) is 148 cm³/mol. The van der Waals surface area contributed by atoms with Gasteiger partial charge >= 0.3 is 5.97 Å². The molecule has 1 atom stereocenters. The molecule has 4 aromatic rings. The van der Waals surface area contributed by atoms with E-state index in [4.69, 9.17) is 21.1 Å². The monoisotopic (exact) mass is 517 g/mol. The lowest BCUT2D eigenvalue weighted by Gasteiger charge is -2.19. The molecule has 1 heterocycles. The molecule has 4 rings (SSSR count). The summed E-state index contributed by atoms with van der Waals surface area (Å²) in [5.41, 5.74) is 4.32. The van der Waals surface area contributed by atoms with Crippen LogP contribution in [0.5, 0.6) is 5.75 Å². The van der Waals surface area contributed by atoms with Gasteiger partial charge in [0.25, 0.3) is 0 Å². The molecule has 0 saturated carbocycles. The number of carbonyl (C=O) groups excluding carboxylic acids is 2. The largest absolute Gasteiger partial charge is 0.484 e. The lowest BCUT2D eigenvalue weighted by atomic mass is 10.0. The maximum absolute atomic E-state index is 13.5. The van der Waals surface area contributed by atoms with Gasteiger partial charge in [0, 0.05) is 41.2 Å². The molecule has 1 aromatic heterocycles. The number of aryl methyl sites for hydroxylation is 2. The average Bonchev–Trinajstić information content (AvgIpc) is 3.27. The maximum atomic E-state index is 13.5. The number of halogens is 1. The van der Waals surface area contributed by atoms with E-state index in [9.17, 15) is 9.59 Å². The van der Waals surface area contributed by atoms with Crippen LogP contribution in [-0.4, -0.2) is 22.9 Å². The molecule has 0 aliphatic heterocycles. The highest BCUT2D eigenvalue weighted by Gasteiger charge is 2.19. The zero-order valence-electron chi connectivity index (χ0n) is 21.5. The number of benzene rings is 3. The molecular weight excluding hydrogens is 486 g/mol. The third-order valence-electron chi connectivity index (χ3n) is 6.40. The van der Waals surface area contributed by atoms with Gasteiger partial charge in [-0.1, -0.05) is 66.6 Å². The van der Waals surface area contributed by atoms with E-state index in [2.05, 4.69) is 38.1 Å². The van der Waals surface area contributed by atoms with Gasteiger partial charge in [-0.25, -0.2) is 0 Å². The van der Waals surface area contributed by atoms with Crippen LogP contribution in [0.4, 0.5) is 0 Å². The average molecular weight is 518 g/mol. The van der Waals surface area contributed by atoms with Gasteiger partial charge in [0.1, 0.15) is 11.9 Å². The molecule has 0 unspecified atom stereocenters. The second-order valence-electron chi connectivity index (χ2n) is 9.06. The standard InChI is InChI=1S/C31H32ClNO4/c1-4-28(22-14-12-21(3)13-15-22)37-29-17-16-23(19-26(29)32)31(35)25-20-33(18-8-11-30(34)36-5-2)27-10-7-6-9-24(25)27/h6-7,9-10,12-17,19-20,28H,4-5,8,11,18H2,1-3H3/t28-/m1/s1. The summed E-state index contributed by atoms with van der Waals surface area (Å²) in [4.78, 5) is 25.3. The highest BCUT2D eigenvalue weighted by Crippen LogP contribution is 2.33. The second-order valence-corrected chi connectivity index (χ2v) is 9.47. The summed E-state index contributed by atoms with van der Waals surface area (Å²) in [5, 5.41) is 1.26. The number of para-hydroxylation sites is 1. The van der Waals surface area contributed by atoms with Crippen molar-refractivity contribution in [2.75, 3.05) is 6.61 Å². The van der Waals surface area contributed by atoms with Crippen molar-refractivity contribution < 1.29 is 19.1 Å². The van der Waals surface area contributed by atoms with Crippen molar-refractivity contribution >= 4 is 34.3 Å². The first-order valence-corrected chi connectivity index (χ1v) is 13.1. The first-order chi connectivity index (χ1) is 17.9. The van der Waals surface area contributed by atoms with Crippen LogP contribution in [0.25, 0.3) is 10.9 Å². The highest BCUT2D eigenvalue weighted by atomic mass is 35.5. The van der Waals surface area contributed by atoms with E-state index in [0.717, 1.165) is 22.9 Å². The van der Waals surface area contributed by atoms with Crippen LogP contribution in [0.1, 0.15) is 66.3 Å². The second kappa shape index (κ2) is 12.1. The number of carbonyl (C=O) groups is 2. The number of rotatable bonds is 11. The van der Waals surface area contributed by atoms with Gasteiger partial charge < -0.3 is 14.0 Å². The van der Waals surface area contributed by atoms with E-state index < -0.39 is 0 Å². The van der Waals surface area contributed by atoms with Crippen LogP contribution in [0.15, 0.2) is 72.9 Å². The molecule has 3 aromatic carbocycles. The fraction of sp³-hybridized carbons (Fsp3) is 0.290. The van der Waals surface area contributed by atoms with E-state index in [-0.39, 0.29) is 17.9 Å². The van der Waals surface area contributed by atoms with Gasteiger partial charge in [-0.3, -0.25) is 9.59 Å². The summed E-state index contributed by atoms with van der Waals surface area (Å²) in [6.07, 6.45) is 3.48. The fourth-order valence-corrected chi connectivity index (χ4v) is 4.68. The minimum Gasteiger partial charge on any atom is -0.484 e. The Hall–Kier alpha value is -3.57. The van der Waals surface area contributed by atoms with Gasteiger partial charge in [0.2, 0.25) is 0 Å². The molecule has 0 radical (unpaired) electrons. The molecule has 5 nitrogen and oxygen atoms in total. The lowest BCUT2D eigenvalue weighted by molar-refractivity contribution is -0.143. The number of esters is 1. The Kier molecular flexibility index (Phi) is 8.67. The summed E-state index contributed by atoms with van der Waals surface area (Å²) in [7, 11) is 0. The Balaban J connectivity index is 1.54. The molecule has 0 aliphatic carbocycles. The van der Waals surface area contributed by atoms with Crippen LogP contribution in [-0.2, 0) is 16.1 Å². The first-order valence-electron chi connectivity index (χ1n) is 12.7. The third kappa shape index (κ3) is 6.23. The molecule has 0 bridgehead atoms. The Labute approximate surface area is 223 Å². The third-order valence-corrected chi connectivity index (χ3v) is 6.70. The van der Waals surface area contributed by atoms with E-state index in [0.29, 0.717) is 47.9 Å². The number of hydrogen-bond donors (Lipinski definition) is 0. The van der Waals surface area contributed by atoms with Crippen molar-refractivity contribution in [3.8, 4) is 5.75 Å². The van der Waals surface area contributed by atoms with Gasteiger partial charge in [-0.15, -0.1) is 0 Å². The predicted octanol–water partition coefficient (Wildman–Crippen LogP) is 7.71. The summed E-state index contributed by atoms with van der Waals surface area (Å²) < 4.78 is 13.3. The SMILES string of the molecule is CCOC(=O)CCCn1cc(C(=O)c2ccc(O[C@H](CC)c3ccc(C)cc3)c(Cl)c2)c2ccccc21.